The highest BCUT2D eigenvalue weighted by molar-refractivity contribution is 6.10. The molecule has 10 amide bonds. The average Bonchev–Trinajstić information content (AvgIpc) is 0.796. The molecule has 0 saturated carbocycles. The Balaban J connectivity index is 0.000000272. The topological polar surface area (TPSA) is 362 Å². The second-order valence-corrected chi connectivity index (χ2v) is 36.6. The van der Waals surface area contributed by atoms with Gasteiger partial charge in [0.2, 0.25) is 0 Å². The third-order valence-electron chi connectivity index (χ3n) is 25.5. The molecule has 2 atom stereocenters. The Kier molecular flexibility index (Phi) is 43.3. The number of fused-ring (bicyclic) bond motifs is 2. The number of amides is 10. The van der Waals surface area contributed by atoms with Gasteiger partial charge in [0, 0.05) is 214 Å². The van der Waals surface area contributed by atoms with Crippen LogP contribution in [0.4, 0.5) is 32.3 Å². The van der Waals surface area contributed by atoms with E-state index in [1.54, 1.807) is 133 Å². The van der Waals surface area contributed by atoms with Gasteiger partial charge in [0.05, 0.1) is 127 Å². The van der Waals surface area contributed by atoms with E-state index >= 15 is 0 Å². The Morgan fingerprint density at radius 3 is 1.15 bits per heavy atom. The maximum Gasteiger partial charge on any atom is 0.319 e. The normalized spacial score (nSPS) is 14.7. The summed E-state index contributed by atoms with van der Waals surface area (Å²) in [5.41, 5.74) is 12.1. The number of nitrogens with one attached hydrogen (secondary N) is 4. The summed E-state index contributed by atoms with van der Waals surface area (Å²) in [6.07, 6.45) is 9.14. The molecule has 6 aromatic carbocycles. The maximum atomic E-state index is 14.0. The summed E-state index contributed by atoms with van der Waals surface area (Å²) in [5, 5.41) is 21.3. The highest BCUT2D eigenvalue weighted by Crippen LogP contribution is 2.37. The lowest BCUT2D eigenvalue weighted by molar-refractivity contribution is -0.156. The number of hydrogen-bond acceptors (Lipinski definition) is 23. The molecule has 142 heavy (non-hydrogen) atoms. The lowest BCUT2D eigenvalue weighted by Gasteiger charge is -2.37. The van der Waals surface area contributed by atoms with E-state index in [4.69, 9.17) is 38.3 Å². The molecular formula is C108H144N16O18. The van der Waals surface area contributed by atoms with Crippen LogP contribution in [0.15, 0.2) is 170 Å². The first-order valence-electron chi connectivity index (χ1n) is 49.8. The number of hydrogen-bond donors (Lipinski definition) is 5. The molecule has 2 aromatic heterocycles. The summed E-state index contributed by atoms with van der Waals surface area (Å²) in [6.45, 7) is 29.1. The fraction of sp³-hybridized carbons (Fsp3) is 0.481. The molecule has 0 bridgehead atoms. The molecule has 34 nitrogen and oxygen atoms in total. The zero-order chi connectivity index (χ0) is 101. The predicted octanol–water partition coefficient (Wildman–Crippen LogP) is 13.1. The van der Waals surface area contributed by atoms with Crippen LogP contribution in [0.25, 0.3) is 22.5 Å². The number of urea groups is 2. The number of nitrogens with zero attached hydrogens (tertiary/aromatic N) is 12. The number of esters is 1. The van der Waals surface area contributed by atoms with Gasteiger partial charge in [-0.25, -0.2) is 9.59 Å². The van der Waals surface area contributed by atoms with E-state index in [-0.39, 0.29) is 91.6 Å². The van der Waals surface area contributed by atoms with Gasteiger partial charge in [0.1, 0.15) is 5.60 Å². The summed E-state index contributed by atoms with van der Waals surface area (Å²) >= 11 is 0. The third-order valence-corrected chi connectivity index (χ3v) is 25.5. The number of carbonyl (C=O) groups is 10. The van der Waals surface area contributed by atoms with Crippen molar-refractivity contribution in [1.29, 1.82) is 0 Å². The van der Waals surface area contributed by atoms with E-state index in [9.17, 15) is 47.9 Å². The van der Waals surface area contributed by atoms with Crippen LogP contribution in [0.1, 0.15) is 183 Å². The number of carbonyl (C=O) groups excluding carboxylic acids is 9. The number of piperazine rings is 2. The van der Waals surface area contributed by atoms with Gasteiger partial charge in [0.15, 0.2) is 0 Å². The molecule has 0 spiro atoms. The van der Waals surface area contributed by atoms with Crippen molar-refractivity contribution in [3.63, 3.8) is 0 Å². The number of aliphatic carboxylic acids is 1. The van der Waals surface area contributed by atoms with E-state index in [1.807, 2.05) is 91.2 Å². The fourth-order valence-corrected chi connectivity index (χ4v) is 17.4. The van der Waals surface area contributed by atoms with Gasteiger partial charge in [-0.2, -0.15) is 0 Å². The molecule has 5 N–H and O–H groups in total. The SMILES string of the molecule is CCN(CC)c1ccc(NC(=O)c2cccc(C(=O)N(C)CCN3CCN(C(=O)N(C)CCOCCOCCOCCC(=O)O)CC3)c2)c(-c2cc(C(=O)N[C@H]3CCCc4ccccc43)ccn2)c1.CCN(CC)c1ccc(NC(=O)c2cccc(C(=O)N(C)CCN3CCN(C(=O)N(C)CCOCCOCCOCCC(=O)OC(C)(C)C)CC3)c2)c(-c2cc(C(=O)N[C@H]3CCCc4ccccc43)ccn2)c1. The first-order chi connectivity index (χ1) is 68.6. The minimum absolute atomic E-state index is 0.0384. The van der Waals surface area contributed by atoms with E-state index in [0.29, 0.717) is 225 Å². The second kappa shape index (κ2) is 56.2. The van der Waals surface area contributed by atoms with Crippen LogP contribution in [-0.4, -0.2) is 345 Å². The standard InChI is InChI=1S/C56H76N8O9.C52H68N8O9/c1-8-63(9-2)45-20-21-49(47(40-45)50-39-43(22-24-57-50)53(67)58-48-19-13-15-41-14-10-11-18-46(41)48)59-52(66)42-16-12-17-44(38-42)54(68)60(6)25-26-62-27-29-64(30-28-62)55(69)61(7)31-33-71-35-37-72-36-34-70-32-23-51(65)73-56(3,4)5;1-5-59(6-2)42-17-18-46(44(37-42)47-36-40(19-21-53-47)50(64)54-45-16-10-12-38-11-7-8-15-43(38)45)55-49(63)39-13-9-14-41(35-39)51(65)56(3)22-23-58-24-26-60(27-25-58)52(66)57(4)28-30-68-32-34-69-33-31-67-29-20-48(61)62/h10-12,14,16-18,20-22,24,38-40,48H,8-9,13,15,19,23,25-37H2,1-7H3,(H,58,67)(H,59,66);7-9,11,13-15,17-19,21,35-37,45H,5-6,10,12,16,20,22-34H2,1-4H3,(H,54,64)(H,55,63)(H,61,62)/t48-;45-/m00/s1. The highest BCUT2D eigenvalue weighted by Gasteiger charge is 2.31. The molecule has 2 fully saturated rings. The Hall–Kier alpha value is -12.8. The number of aromatic nitrogens is 2. The van der Waals surface area contributed by atoms with Crippen molar-refractivity contribution in [2.24, 2.45) is 0 Å². The zero-order valence-electron chi connectivity index (χ0n) is 84.4. The van der Waals surface area contributed by atoms with Crippen molar-refractivity contribution in [2.45, 2.75) is 118 Å². The monoisotopic (exact) mass is 1950 g/mol. The Bertz CT molecular complexity index is 5480. The highest BCUT2D eigenvalue weighted by atomic mass is 16.6. The average molecular weight is 1950 g/mol. The van der Waals surface area contributed by atoms with Gasteiger partial charge < -0.3 is 98.7 Å². The molecule has 764 valence electrons. The number of pyridine rings is 2. The summed E-state index contributed by atoms with van der Waals surface area (Å²) in [4.78, 5) is 160. The summed E-state index contributed by atoms with van der Waals surface area (Å²) in [7, 11) is 7.02. The quantitative estimate of drug-likeness (QED) is 0.0175. The van der Waals surface area contributed by atoms with Crippen LogP contribution in [0.5, 0.6) is 0 Å². The van der Waals surface area contributed by atoms with Gasteiger partial charge in [0.25, 0.3) is 35.4 Å². The number of carboxylic acid groups (broad SMARTS) is 1. The minimum atomic E-state index is -0.900. The molecular weight excluding hydrogens is 1810 g/mol. The summed E-state index contributed by atoms with van der Waals surface area (Å²) < 4.78 is 38.1. The van der Waals surface area contributed by atoms with Gasteiger partial charge in [-0.15, -0.1) is 0 Å². The third kappa shape index (κ3) is 33.4. The predicted molar refractivity (Wildman–Crippen MR) is 548 cm³/mol. The number of ether oxygens (including phenoxy) is 7. The van der Waals surface area contributed by atoms with Crippen molar-refractivity contribution < 1.29 is 86.2 Å². The van der Waals surface area contributed by atoms with Crippen LogP contribution in [0.2, 0.25) is 0 Å². The number of carboxylic acids is 1. The van der Waals surface area contributed by atoms with E-state index in [1.165, 1.54) is 11.1 Å². The van der Waals surface area contributed by atoms with Crippen molar-refractivity contribution in [2.75, 3.05) is 246 Å². The molecule has 2 saturated heterocycles. The van der Waals surface area contributed by atoms with E-state index in [2.05, 4.69) is 103 Å². The molecule has 4 heterocycles. The lowest BCUT2D eigenvalue weighted by atomic mass is 9.87. The van der Waals surface area contributed by atoms with Crippen molar-refractivity contribution in [3.05, 3.63) is 226 Å². The molecule has 2 aliphatic carbocycles. The van der Waals surface area contributed by atoms with Gasteiger partial charge in [-0.05, 0) is 206 Å². The first kappa shape index (κ1) is 110. The van der Waals surface area contributed by atoms with E-state index < -0.39 is 11.6 Å². The van der Waals surface area contributed by atoms with Crippen LogP contribution < -0.4 is 31.1 Å². The van der Waals surface area contributed by atoms with Gasteiger partial charge in [-0.3, -0.25) is 58.1 Å². The summed E-state index contributed by atoms with van der Waals surface area (Å²) in [5.74, 6) is -2.76. The Morgan fingerprint density at radius 2 is 0.761 bits per heavy atom. The Morgan fingerprint density at radius 1 is 0.394 bits per heavy atom. The number of likely N-dealkylation sites (N-methyl/N-ethyl adjacent to an activating group) is 4. The van der Waals surface area contributed by atoms with E-state index in [0.717, 1.165) is 87.2 Å². The molecule has 4 aliphatic rings. The van der Waals surface area contributed by atoms with Crippen molar-refractivity contribution in [1.82, 2.24) is 59.8 Å². The molecule has 2 aliphatic heterocycles. The molecule has 0 unspecified atom stereocenters. The summed E-state index contributed by atoms with van der Waals surface area (Å²) in [6, 6.07) is 48.2. The molecule has 34 heteroatoms. The smallest absolute Gasteiger partial charge is 0.319 e. The zero-order valence-corrected chi connectivity index (χ0v) is 84.4. The minimum Gasteiger partial charge on any atom is -0.481 e. The fourth-order valence-electron chi connectivity index (χ4n) is 17.4. The van der Waals surface area contributed by atoms with Crippen LogP contribution >= 0.6 is 0 Å². The number of aryl methyl sites for hydroxylation is 2. The van der Waals surface area contributed by atoms with Crippen LogP contribution in [0.3, 0.4) is 0 Å². The van der Waals surface area contributed by atoms with Crippen LogP contribution in [-0.2, 0) is 55.6 Å². The van der Waals surface area contributed by atoms with Crippen LogP contribution in [0, 0.1) is 0 Å². The molecule has 8 aromatic rings. The maximum absolute atomic E-state index is 14.0. The Labute approximate surface area is 835 Å². The van der Waals surface area contributed by atoms with Crippen molar-refractivity contribution >= 4 is 82.2 Å². The van der Waals surface area contributed by atoms with Crippen molar-refractivity contribution in [3.8, 4) is 22.5 Å². The van der Waals surface area contributed by atoms with Gasteiger partial charge >= 0.3 is 24.0 Å². The molecule has 0 radical (unpaired) electrons. The second-order valence-electron chi connectivity index (χ2n) is 36.6. The lowest BCUT2D eigenvalue weighted by Crippen LogP contribution is -2.53. The number of benzene rings is 6. The number of rotatable bonds is 48. The largest absolute Gasteiger partial charge is 0.481 e. The molecule has 12 rings (SSSR count). The number of anilines is 4. The van der Waals surface area contributed by atoms with Gasteiger partial charge in [-0.1, -0.05) is 60.7 Å². The first-order valence-corrected chi connectivity index (χ1v) is 49.8.